The maximum absolute atomic E-state index is 13.9. The number of halogens is 1. The Balaban J connectivity index is 2.08. The van der Waals surface area contributed by atoms with Gasteiger partial charge in [-0.2, -0.15) is 0 Å². The molecular formula is C17H20FNO2. The molecule has 1 unspecified atom stereocenters. The van der Waals surface area contributed by atoms with Crippen LogP contribution in [0.25, 0.3) is 0 Å². The van der Waals surface area contributed by atoms with Crippen molar-refractivity contribution in [2.75, 3.05) is 20.3 Å². The number of hydrogen-bond acceptors (Lipinski definition) is 3. The number of rotatable bonds is 7. The highest BCUT2D eigenvalue weighted by atomic mass is 19.1. The van der Waals surface area contributed by atoms with Gasteiger partial charge in [0.2, 0.25) is 0 Å². The second kappa shape index (κ2) is 7.64. The molecule has 0 aromatic heterocycles. The molecule has 112 valence electrons. The molecule has 4 heteroatoms. The van der Waals surface area contributed by atoms with Crippen LogP contribution >= 0.6 is 0 Å². The van der Waals surface area contributed by atoms with Gasteiger partial charge in [0.15, 0.2) is 0 Å². The first-order chi connectivity index (χ1) is 10.2. The van der Waals surface area contributed by atoms with Crippen molar-refractivity contribution in [3.8, 4) is 11.5 Å². The van der Waals surface area contributed by atoms with Gasteiger partial charge in [0.25, 0.3) is 0 Å². The lowest BCUT2D eigenvalue weighted by Crippen LogP contribution is -2.27. The molecule has 2 aromatic carbocycles. The van der Waals surface area contributed by atoms with Gasteiger partial charge in [0.1, 0.15) is 23.9 Å². The quantitative estimate of drug-likeness (QED) is 0.845. The van der Waals surface area contributed by atoms with E-state index in [9.17, 15) is 4.39 Å². The summed E-state index contributed by atoms with van der Waals surface area (Å²) in [6.07, 6.45) is 0. The average Bonchev–Trinajstić information content (AvgIpc) is 2.52. The molecule has 0 fully saturated rings. The topological polar surface area (TPSA) is 30.5 Å². The second-order valence-corrected chi connectivity index (χ2v) is 4.62. The van der Waals surface area contributed by atoms with Crippen LogP contribution in [-0.4, -0.2) is 20.3 Å². The third-order valence-electron chi connectivity index (χ3n) is 3.19. The van der Waals surface area contributed by atoms with E-state index in [1.54, 1.807) is 19.2 Å². The predicted molar refractivity (Wildman–Crippen MR) is 81.3 cm³/mol. The molecule has 0 aliphatic carbocycles. The van der Waals surface area contributed by atoms with Crippen molar-refractivity contribution >= 4 is 0 Å². The Hall–Kier alpha value is -2.07. The number of methoxy groups -OCH3 is 1. The van der Waals surface area contributed by atoms with Crippen LogP contribution in [0.1, 0.15) is 18.5 Å². The first-order valence-corrected chi connectivity index (χ1v) is 6.99. The Labute approximate surface area is 124 Å². The monoisotopic (exact) mass is 289 g/mol. The summed E-state index contributed by atoms with van der Waals surface area (Å²) in [4.78, 5) is 0. The molecule has 21 heavy (non-hydrogen) atoms. The molecule has 0 aliphatic heterocycles. The molecule has 0 heterocycles. The SMILES string of the molecule is CCNC(COc1cccc(OC)c1)c1ccccc1F. The molecule has 1 N–H and O–H groups in total. The van der Waals surface area contributed by atoms with Crippen LogP contribution in [0.15, 0.2) is 48.5 Å². The Bertz CT molecular complexity index is 574. The van der Waals surface area contributed by atoms with Gasteiger partial charge in [-0.15, -0.1) is 0 Å². The van der Waals surface area contributed by atoms with Crippen molar-refractivity contribution in [1.82, 2.24) is 5.32 Å². The maximum Gasteiger partial charge on any atom is 0.128 e. The number of nitrogens with one attached hydrogen (secondary N) is 1. The van der Waals surface area contributed by atoms with Gasteiger partial charge in [-0.05, 0) is 24.7 Å². The molecule has 0 bridgehead atoms. The molecule has 3 nitrogen and oxygen atoms in total. The van der Waals surface area contributed by atoms with E-state index in [2.05, 4.69) is 5.32 Å². The van der Waals surface area contributed by atoms with Crippen molar-refractivity contribution in [3.63, 3.8) is 0 Å². The third-order valence-corrected chi connectivity index (χ3v) is 3.19. The Morgan fingerprint density at radius 1 is 1.10 bits per heavy atom. The summed E-state index contributed by atoms with van der Waals surface area (Å²) >= 11 is 0. The zero-order chi connectivity index (χ0) is 15.1. The molecule has 0 saturated heterocycles. The average molecular weight is 289 g/mol. The van der Waals surface area contributed by atoms with Gasteiger partial charge in [0, 0.05) is 11.6 Å². The van der Waals surface area contributed by atoms with Gasteiger partial charge in [-0.3, -0.25) is 0 Å². The first-order valence-electron chi connectivity index (χ1n) is 6.99. The number of hydrogen-bond donors (Lipinski definition) is 1. The van der Waals surface area contributed by atoms with E-state index in [4.69, 9.17) is 9.47 Å². The highest BCUT2D eigenvalue weighted by molar-refractivity contribution is 5.33. The summed E-state index contributed by atoms with van der Waals surface area (Å²) in [6.45, 7) is 3.07. The number of likely N-dealkylation sites (N-methyl/N-ethyl adjacent to an activating group) is 1. The van der Waals surface area contributed by atoms with Crippen LogP contribution in [0, 0.1) is 5.82 Å². The van der Waals surface area contributed by atoms with Crippen LogP contribution in [0.4, 0.5) is 4.39 Å². The Kier molecular flexibility index (Phi) is 5.58. The lowest BCUT2D eigenvalue weighted by molar-refractivity contribution is 0.263. The molecule has 0 amide bonds. The minimum atomic E-state index is -0.224. The van der Waals surface area contributed by atoms with Crippen LogP contribution < -0.4 is 14.8 Å². The summed E-state index contributed by atoms with van der Waals surface area (Å²) < 4.78 is 24.8. The maximum atomic E-state index is 13.9. The smallest absolute Gasteiger partial charge is 0.128 e. The fraction of sp³-hybridized carbons (Fsp3) is 0.294. The summed E-state index contributed by atoms with van der Waals surface area (Å²) in [7, 11) is 1.61. The zero-order valence-electron chi connectivity index (χ0n) is 12.3. The number of ether oxygens (including phenoxy) is 2. The number of benzene rings is 2. The molecule has 2 aromatic rings. The van der Waals surface area contributed by atoms with Gasteiger partial charge >= 0.3 is 0 Å². The fourth-order valence-electron chi connectivity index (χ4n) is 2.13. The molecule has 0 saturated carbocycles. The minimum Gasteiger partial charge on any atom is -0.497 e. The first kappa shape index (κ1) is 15.3. The lowest BCUT2D eigenvalue weighted by Gasteiger charge is -2.19. The van der Waals surface area contributed by atoms with E-state index in [0.29, 0.717) is 17.9 Å². The highest BCUT2D eigenvalue weighted by Gasteiger charge is 2.15. The van der Waals surface area contributed by atoms with E-state index < -0.39 is 0 Å². The molecule has 0 radical (unpaired) electrons. The van der Waals surface area contributed by atoms with E-state index in [1.807, 2.05) is 37.3 Å². The van der Waals surface area contributed by atoms with Crippen molar-refractivity contribution in [3.05, 3.63) is 59.9 Å². The predicted octanol–water partition coefficient (Wildman–Crippen LogP) is 3.56. The zero-order valence-corrected chi connectivity index (χ0v) is 12.3. The molecular weight excluding hydrogens is 269 g/mol. The van der Waals surface area contributed by atoms with Gasteiger partial charge in [0.05, 0.1) is 13.2 Å². The van der Waals surface area contributed by atoms with Gasteiger partial charge in [-0.1, -0.05) is 31.2 Å². The lowest BCUT2D eigenvalue weighted by atomic mass is 10.1. The van der Waals surface area contributed by atoms with Crippen molar-refractivity contribution in [2.45, 2.75) is 13.0 Å². The fourth-order valence-corrected chi connectivity index (χ4v) is 2.13. The highest BCUT2D eigenvalue weighted by Crippen LogP contribution is 2.22. The largest absolute Gasteiger partial charge is 0.497 e. The molecule has 0 spiro atoms. The van der Waals surface area contributed by atoms with Crippen molar-refractivity contribution < 1.29 is 13.9 Å². The standard InChI is InChI=1S/C17H20FNO2/c1-3-19-17(15-9-4-5-10-16(15)18)12-21-14-8-6-7-13(11-14)20-2/h4-11,17,19H,3,12H2,1-2H3. The summed E-state index contributed by atoms with van der Waals surface area (Å²) in [5.74, 6) is 1.21. The third kappa shape index (κ3) is 4.20. The van der Waals surface area contributed by atoms with E-state index in [-0.39, 0.29) is 11.9 Å². The van der Waals surface area contributed by atoms with Crippen LogP contribution in [0.5, 0.6) is 11.5 Å². The van der Waals surface area contributed by atoms with Crippen LogP contribution in [0.3, 0.4) is 0 Å². The Morgan fingerprint density at radius 2 is 1.86 bits per heavy atom. The minimum absolute atomic E-state index is 0.192. The Morgan fingerprint density at radius 3 is 2.57 bits per heavy atom. The van der Waals surface area contributed by atoms with E-state index in [0.717, 1.165) is 12.3 Å². The molecule has 1 atom stereocenters. The summed E-state index contributed by atoms with van der Waals surface area (Å²) in [6, 6.07) is 13.9. The normalized spacial score (nSPS) is 12.0. The van der Waals surface area contributed by atoms with E-state index in [1.165, 1.54) is 6.07 Å². The molecule has 0 aliphatic rings. The summed E-state index contributed by atoms with van der Waals surface area (Å²) in [5, 5.41) is 3.24. The van der Waals surface area contributed by atoms with Gasteiger partial charge in [-0.25, -0.2) is 4.39 Å². The van der Waals surface area contributed by atoms with Crippen LogP contribution in [0.2, 0.25) is 0 Å². The van der Waals surface area contributed by atoms with Gasteiger partial charge < -0.3 is 14.8 Å². The van der Waals surface area contributed by atoms with Crippen molar-refractivity contribution in [1.29, 1.82) is 0 Å². The summed E-state index contributed by atoms with van der Waals surface area (Å²) in [5.41, 5.74) is 0.613. The second-order valence-electron chi connectivity index (χ2n) is 4.62. The molecule has 2 rings (SSSR count). The van der Waals surface area contributed by atoms with Crippen LogP contribution in [-0.2, 0) is 0 Å². The van der Waals surface area contributed by atoms with Crippen molar-refractivity contribution in [2.24, 2.45) is 0 Å². The van der Waals surface area contributed by atoms with E-state index >= 15 is 0 Å².